The summed E-state index contributed by atoms with van der Waals surface area (Å²) in [5.41, 5.74) is 6.62. The van der Waals surface area contributed by atoms with Crippen molar-refractivity contribution < 1.29 is 9.59 Å². The number of carbonyl (C=O) groups excluding carboxylic acids is 2. The van der Waals surface area contributed by atoms with Gasteiger partial charge >= 0.3 is 0 Å². The summed E-state index contributed by atoms with van der Waals surface area (Å²) >= 11 is 4.87. The van der Waals surface area contributed by atoms with Crippen LogP contribution in [0.3, 0.4) is 0 Å². The average Bonchev–Trinajstić information content (AvgIpc) is 2.95. The van der Waals surface area contributed by atoms with Gasteiger partial charge in [-0.1, -0.05) is 24.4 Å². The topological polar surface area (TPSA) is 92.1 Å². The molecular weight excluding hydrogens is 264 g/mol. The second kappa shape index (κ2) is 3.99. The van der Waals surface area contributed by atoms with Gasteiger partial charge in [0.05, 0.1) is 22.9 Å². The van der Waals surface area contributed by atoms with Gasteiger partial charge in [-0.2, -0.15) is 5.10 Å². The van der Waals surface area contributed by atoms with Crippen LogP contribution in [0.1, 0.15) is 26.3 Å². The Bertz CT molecular complexity index is 687. The van der Waals surface area contributed by atoms with Gasteiger partial charge in [-0.15, -0.1) is 0 Å². The number of nitrogens with one attached hydrogen (secondary N) is 1. The molecule has 1 aromatic heterocycles. The number of hydrogen-bond acceptors (Lipinski definition) is 4. The second-order valence-corrected chi connectivity index (χ2v) is 4.43. The lowest BCUT2D eigenvalue weighted by molar-refractivity contribution is 0.0925. The molecule has 0 spiro atoms. The zero-order chi connectivity index (χ0) is 13.6. The van der Waals surface area contributed by atoms with Crippen LogP contribution < -0.4 is 10.6 Å². The highest BCUT2D eigenvalue weighted by Crippen LogP contribution is 2.28. The largest absolute Gasteiger partial charge is 0.389 e. The highest BCUT2D eigenvalue weighted by Gasteiger charge is 2.38. The Morgan fingerprint density at radius 1 is 1.21 bits per heavy atom. The fourth-order valence-electron chi connectivity index (χ4n) is 2.02. The van der Waals surface area contributed by atoms with Gasteiger partial charge in [0.1, 0.15) is 10.8 Å². The normalized spacial score (nSPS) is 13.8. The van der Waals surface area contributed by atoms with Crippen LogP contribution in [0.2, 0.25) is 0 Å². The van der Waals surface area contributed by atoms with Crippen molar-refractivity contribution in [3.05, 3.63) is 47.2 Å². The van der Waals surface area contributed by atoms with Gasteiger partial charge in [-0.25, -0.2) is 4.90 Å². The van der Waals surface area contributed by atoms with Crippen LogP contribution in [0.4, 0.5) is 5.82 Å². The number of rotatable bonds is 2. The van der Waals surface area contributed by atoms with E-state index in [2.05, 4.69) is 10.2 Å². The summed E-state index contributed by atoms with van der Waals surface area (Å²) in [5.74, 6) is -0.622. The Morgan fingerprint density at radius 3 is 2.32 bits per heavy atom. The van der Waals surface area contributed by atoms with E-state index < -0.39 is 11.8 Å². The molecule has 7 heteroatoms. The summed E-state index contributed by atoms with van der Waals surface area (Å²) in [5, 5.41) is 6.37. The molecule has 0 radical (unpaired) electrons. The minimum absolute atomic E-state index is 0.0697. The number of anilines is 1. The van der Waals surface area contributed by atoms with Crippen molar-refractivity contribution in [2.45, 2.75) is 0 Å². The van der Waals surface area contributed by atoms with Crippen molar-refractivity contribution in [3.8, 4) is 0 Å². The summed E-state index contributed by atoms with van der Waals surface area (Å²) in [7, 11) is 0. The molecule has 3 N–H and O–H groups in total. The van der Waals surface area contributed by atoms with Crippen molar-refractivity contribution in [1.29, 1.82) is 0 Å². The van der Waals surface area contributed by atoms with E-state index in [1.54, 1.807) is 24.3 Å². The number of benzene rings is 1. The molecule has 0 atom stereocenters. The molecule has 1 aliphatic rings. The van der Waals surface area contributed by atoms with Crippen LogP contribution in [-0.4, -0.2) is 27.0 Å². The predicted octanol–water partition coefficient (Wildman–Crippen LogP) is 0.845. The first-order valence-corrected chi connectivity index (χ1v) is 5.83. The van der Waals surface area contributed by atoms with Gasteiger partial charge in [-0.05, 0) is 12.1 Å². The Morgan fingerprint density at radius 2 is 1.79 bits per heavy atom. The summed E-state index contributed by atoms with van der Waals surface area (Å²) in [6, 6.07) is 6.61. The summed E-state index contributed by atoms with van der Waals surface area (Å²) in [4.78, 5) is 25.6. The third-order valence-electron chi connectivity index (χ3n) is 2.90. The molecule has 0 saturated heterocycles. The smallest absolute Gasteiger partial charge is 0.267 e. The maximum atomic E-state index is 12.3. The molecule has 1 aliphatic heterocycles. The Hall–Kier alpha value is -2.54. The summed E-state index contributed by atoms with van der Waals surface area (Å²) in [6.07, 6.45) is 1.39. The fraction of sp³-hybridized carbons (Fsp3) is 0. The third-order valence-corrected chi connectivity index (χ3v) is 3.12. The van der Waals surface area contributed by atoms with Crippen LogP contribution in [-0.2, 0) is 0 Å². The number of nitrogens with zero attached hydrogens (tertiary/aromatic N) is 2. The van der Waals surface area contributed by atoms with Crippen LogP contribution in [0, 0.1) is 0 Å². The van der Waals surface area contributed by atoms with E-state index in [9.17, 15) is 9.59 Å². The second-order valence-electron chi connectivity index (χ2n) is 3.99. The molecule has 0 aliphatic carbocycles. The minimum atomic E-state index is -0.414. The summed E-state index contributed by atoms with van der Waals surface area (Å²) in [6.45, 7) is 0. The standard InChI is InChI=1S/C12H8N4O2S/c13-9(19)8-5-14-15-10(8)16-11(17)6-3-1-2-4-7(6)12(16)18/h1-5H,(H2,13,19)(H,14,15). The van der Waals surface area contributed by atoms with Crippen molar-refractivity contribution in [2.75, 3.05) is 4.90 Å². The highest BCUT2D eigenvalue weighted by atomic mass is 32.1. The number of H-pyrrole nitrogens is 1. The quantitative estimate of drug-likeness (QED) is 0.624. The molecular formula is C12H8N4O2S. The fourth-order valence-corrected chi connectivity index (χ4v) is 2.17. The number of fused-ring (bicyclic) bond motifs is 1. The van der Waals surface area contributed by atoms with Crippen LogP contribution >= 0.6 is 12.2 Å². The number of aromatic amines is 1. The molecule has 0 fully saturated rings. The van der Waals surface area contributed by atoms with Crippen LogP contribution in [0.15, 0.2) is 30.5 Å². The number of carbonyl (C=O) groups is 2. The van der Waals surface area contributed by atoms with Crippen molar-refractivity contribution in [3.63, 3.8) is 0 Å². The third kappa shape index (κ3) is 1.55. The van der Waals surface area contributed by atoms with Gasteiger partial charge in [-0.3, -0.25) is 14.7 Å². The number of thiocarbonyl (C=S) groups is 1. The molecule has 2 heterocycles. The van der Waals surface area contributed by atoms with Crippen LogP contribution in [0.5, 0.6) is 0 Å². The first-order chi connectivity index (χ1) is 9.11. The van der Waals surface area contributed by atoms with E-state index >= 15 is 0 Å². The Labute approximate surface area is 113 Å². The SMILES string of the molecule is NC(=S)c1cn[nH]c1N1C(=O)c2ccccc2C1=O. The van der Waals surface area contributed by atoms with E-state index in [1.807, 2.05) is 0 Å². The lowest BCUT2D eigenvalue weighted by atomic mass is 10.1. The number of amides is 2. The zero-order valence-corrected chi connectivity index (χ0v) is 10.4. The van der Waals surface area contributed by atoms with E-state index in [0.29, 0.717) is 16.7 Å². The molecule has 1 aromatic carbocycles. The molecule has 0 saturated carbocycles. The zero-order valence-electron chi connectivity index (χ0n) is 9.58. The van der Waals surface area contributed by atoms with Gasteiger partial charge in [0.15, 0.2) is 0 Å². The van der Waals surface area contributed by atoms with Crippen molar-refractivity contribution >= 4 is 34.8 Å². The van der Waals surface area contributed by atoms with Crippen molar-refractivity contribution in [1.82, 2.24) is 10.2 Å². The molecule has 2 aromatic rings. The maximum Gasteiger partial charge on any atom is 0.267 e. The predicted molar refractivity (Wildman–Crippen MR) is 72.1 cm³/mol. The maximum absolute atomic E-state index is 12.3. The number of hydrogen-bond donors (Lipinski definition) is 2. The lowest BCUT2D eigenvalue weighted by Gasteiger charge is -2.12. The molecule has 6 nitrogen and oxygen atoms in total. The first kappa shape index (κ1) is 11.5. The van der Waals surface area contributed by atoms with Gasteiger partial charge < -0.3 is 5.73 Å². The molecule has 3 rings (SSSR count). The average molecular weight is 272 g/mol. The molecule has 94 valence electrons. The lowest BCUT2D eigenvalue weighted by Crippen LogP contribution is -2.31. The molecule has 0 unspecified atom stereocenters. The minimum Gasteiger partial charge on any atom is -0.389 e. The summed E-state index contributed by atoms with van der Waals surface area (Å²) < 4.78 is 0. The first-order valence-electron chi connectivity index (χ1n) is 5.42. The number of aromatic nitrogens is 2. The van der Waals surface area contributed by atoms with E-state index in [0.717, 1.165) is 4.90 Å². The molecule has 0 bridgehead atoms. The van der Waals surface area contributed by atoms with Gasteiger partial charge in [0, 0.05) is 0 Å². The molecule has 2 amide bonds. The van der Waals surface area contributed by atoms with Gasteiger partial charge in [0.25, 0.3) is 11.8 Å². The van der Waals surface area contributed by atoms with Gasteiger partial charge in [0.2, 0.25) is 0 Å². The highest BCUT2D eigenvalue weighted by molar-refractivity contribution is 7.80. The number of imide groups is 1. The number of nitrogens with two attached hydrogens (primary N) is 1. The van der Waals surface area contributed by atoms with E-state index in [4.69, 9.17) is 18.0 Å². The van der Waals surface area contributed by atoms with Crippen LogP contribution in [0.25, 0.3) is 0 Å². The monoisotopic (exact) mass is 272 g/mol. The molecule has 19 heavy (non-hydrogen) atoms. The van der Waals surface area contributed by atoms with E-state index in [-0.39, 0.29) is 10.8 Å². The Kier molecular flexibility index (Phi) is 2.42. The van der Waals surface area contributed by atoms with Crippen molar-refractivity contribution in [2.24, 2.45) is 5.73 Å². The van der Waals surface area contributed by atoms with E-state index in [1.165, 1.54) is 6.20 Å². The Balaban J connectivity index is 2.14.